The van der Waals surface area contributed by atoms with Crippen LogP contribution >= 0.6 is 0 Å². The second kappa shape index (κ2) is 8.51. The van der Waals surface area contributed by atoms with E-state index in [1.165, 1.54) is 11.6 Å². The first-order chi connectivity index (χ1) is 16.8. The van der Waals surface area contributed by atoms with Crippen LogP contribution in [0.3, 0.4) is 0 Å². The Morgan fingerprint density at radius 2 is 1.69 bits per heavy atom. The number of methoxy groups -OCH3 is 1. The highest BCUT2D eigenvalue weighted by atomic mass is 19.4. The number of benzene rings is 2. The van der Waals surface area contributed by atoms with E-state index < -0.39 is 29.4 Å². The second-order valence-corrected chi connectivity index (χ2v) is 7.56. The number of carbonyl (C=O) groups is 1. The number of para-hydroxylation sites is 1. The summed E-state index contributed by atoms with van der Waals surface area (Å²) in [4.78, 5) is 21.0. The summed E-state index contributed by atoms with van der Waals surface area (Å²) in [7, 11) is 1.46. The molecule has 2 aromatic heterocycles. The Labute approximate surface area is 197 Å². The molecule has 15 heteroatoms. The van der Waals surface area contributed by atoms with Gasteiger partial charge in [-0.15, -0.1) is 5.10 Å². The highest BCUT2D eigenvalue weighted by molar-refractivity contribution is 5.96. The van der Waals surface area contributed by atoms with E-state index in [9.17, 15) is 36.2 Å². The van der Waals surface area contributed by atoms with Gasteiger partial charge >= 0.3 is 12.4 Å². The van der Waals surface area contributed by atoms with Crippen LogP contribution in [-0.2, 0) is 12.1 Å². The number of hydrogen-bond acceptors (Lipinski definition) is 7. The number of carbonyl (C=O) groups excluding carboxylic acids is 1. The van der Waals surface area contributed by atoms with Crippen molar-refractivity contribution < 1.29 is 41.0 Å². The summed E-state index contributed by atoms with van der Waals surface area (Å²) in [5.74, 6) is -0.289. The van der Waals surface area contributed by atoms with Crippen molar-refractivity contribution in [3.63, 3.8) is 0 Å². The summed E-state index contributed by atoms with van der Waals surface area (Å²) in [5, 5.41) is 16.6. The number of aromatic nitrogens is 4. The van der Waals surface area contributed by atoms with Gasteiger partial charge in [0.2, 0.25) is 5.95 Å². The Balaban J connectivity index is 1.56. The lowest BCUT2D eigenvalue weighted by Crippen LogP contribution is -2.53. The normalized spacial score (nSPS) is 12.8. The van der Waals surface area contributed by atoms with E-state index in [2.05, 4.69) is 20.4 Å². The SMILES string of the molecule is COc1cccc2c1nc(N)n1nc(CNC(=O)c3ccc(C(O)(C(F)(F)F)C(F)(F)F)cc3)nc21. The van der Waals surface area contributed by atoms with Crippen LogP contribution in [0.1, 0.15) is 21.7 Å². The van der Waals surface area contributed by atoms with Crippen LogP contribution in [0, 0.1) is 0 Å². The van der Waals surface area contributed by atoms with E-state index in [-0.39, 0.29) is 23.9 Å². The molecule has 36 heavy (non-hydrogen) atoms. The van der Waals surface area contributed by atoms with Crippen molar-refractivity contribution in [3.05, 3.63) is 59.4 Å². The zero-order chi connectivity index (χ0) is 26.5. The first-order valence-corrected chi connectivity index (χ1v) is 10.0. The maximum Gasteiger partial charge on any atom is 0.430 e. The Morgan fingerprint density at radius 1 is 1.06 bits per heavy atom. The highest BCUT2D eigenvalue weighted by Gasteiger charge is 2.71. The molecule has 4 rings (SSSR count). The van der Waals surface area contributed by atoms with Gasteiger partial charge in [0.15, 0.2) is 11.5 Å². The van der Waals surface area contributed by atoms with Crippen molar-refractivity contribution in [3.8, 4) is 5.75 Å². The van der Waals surface area contributed by atoms with Crippen LogP contribution in [-0.4, -0.2) is 50.1 Å². The summed E-state index contributed by atoms with van der Waals surface area (Å²) < 4.78 is 84.6. The largest absolute Gasteiger partial charge is 0.494 e. The molecule has 0 saturated heterocycles. The molecule has 0 atom stereocenters. The van der Waals surface area contributed by atoms with Gasteiger partial charge in [-0.05, 0) is 24.3 Å². The van der Waals surface area contributed by atoms with E-state index in [4.69, 9.17) is 10.5 Å². The van der Waals surface area contributed by atoms with E-state index >= 15 is 0 Å². The second-order valence-electron chi connectivity index (χ2n) is 7.56. The van der Waals surface area contributed by atoms with Gasteiger partial charge in [-0.1, -0.05) is 18.2 Å². The molecule has 0 aliphatic rings. The number of nitrogen functional groups attached to an aromatic ring is 1. The first-order valence-electron chi connectivity index (χ1n) is 10.0. The van der Waals surface area contributed by atoms with E-state index in [1.54, 1.807) is 18.2 Å². The number of halogens is 6. The lowest BCUT2D eigenvalue weighted by atomic mass is 9.91. The molecule has 0 fully saturated rings. The van der Waals surface area contributed by atoms with Gasteiger partial charge < -0.3 is 20.9 Å². The number of nitrogens with zero attached hydrogens (tertiary/aromatic N) is 4. The lowest BCUT2D eigenvalue weighted by Gasteiger charge is -2.32. The average molecular weight is 514 g/mol. The molecule has 1 amide bonds. The zero-order valence-corrected chi connectivity index (χ0v) is 18.1. The van der Waals surface area contributed by atoms with Crippen LogP contribution in [0.15, 0.2) is 42.5 Å². The Morgan fingerprint density at radius 3 is 2.28 bits per heavy atom. The standard InChI is InChI=1S/C21H16F6N6O3/c1-36-13-4-2-3-12-15(13)31-18(28)33-16(12)30-14(32-33)9-29-17(34)10-5-7-11(8-6-10)19(35,20(22,23)24)21(25,26)27/h2-8,35H,9H2,1H3,(H2,28,31)(H,29,34). The third-order valence-electron chi connectivity index (χ3n) is 5.35. The monoisotopic (exact) mass is 514 g/mol. The Bertz CT molecular complexity index is 1440. The molecule has 2 heterocycles. The van der Waals surface area contributed by atoms with E-state index in [0.29, 0.717) is 34.4 Å². The molecule has 2 aromatic carbocycles. The third kappa shape index (κ3) is 4.00. The van der Waals surface area contributed by atoms with Gasteiger partial charge in [-0.25, -0.2) is 9.97 Å². The topological polar surface area (TPSA) is 128 Å². The highest BCUT2D eigenvalue weighted by Crippen LogP contribution is 2.49. The minimum absolute atomic E-state index is 0.00974. The van der Waals surface area contributed by atoms with Crippen molar-refractivity contribution in [1.29, 1.82) is 0 Å². The molecule has 0 aliphatic carbocycles. The predicted molar refractivity (Wildman–Crippen MR) is 113 cm³/mol. The molecule has 9 nitrogen and oxygen atoms in total. The number of nitrogens with two attached hydrogens (primary N) is 1. The van der Waals surface area contributed by atoms with E-state index in [0.717, 1.165) is 12.1 Å². The van der Waals surface area contributed by atoms with Gasteiger partial charge in [-0.3, -0.25) is 4.79 Å². The number of ether oxygens (including phenoxy) is 1. The number of aliphatic hydroxyl groups is 1. The molecule has 0 saturated carbocycles. The number of rotatable bonds is 5. The minimum Gasteiger partial charge on any atom is -0.494 e. The summed E-state index contributed by atoms with van der Waals surface area (Å²) >= 11 is 0. The van der Waals surface area contributed by atoms with Crippen LogP contribution in [0.5, 0.6) is 5.75 Å². The third-order valence-corrected chi connectivity index (χ3v) is 5.35. The number of hydrogen-bond donors (Lipinski definition) is 3. The minimum atomic E-state index is -6.03. The smallest absolute Gasteiger partial charge is 0.430 e. The van der Waals surface area contributed by atoms with E-state index in [1.807, 2.05) is 0 Å². The van der Waals surface area contributed by atoms with Crippen LogP contribution in [0.2, 0.25) is 0 Å². The molecule has 0 aliphatic heterocycles. The summed E-state index contributed by atoms with van der Waals surface area (Å²) in [6.07, 6.45) is -12.1. The lowest BCUT2D eigenvalue weighted by molar-refractivity contribution is -0.376. The summed E-state index contributed by atoms with van der Waals surface area (Å²) in [6.45, 7) is -0.248. The molecule has 0 bridgehead atoms. The van der Waals surface area contributed by atoms with Gasteiger partial charge in [-0.2, -0.15) is 30.9 Å². The first kappa shape index (κ1) is 25.0. The predicted octanol–water partition coefficient (Wildman–Crippen LogP) is 3.11. The fourth-order valence-corrected chi connectivity index (χ4v) is 3.52. The Hall–Kier alpha value is -4.14. The number of anilines is 1. The molecular formula is C21H16F6N6O3. The summed E-state index contributed by atoms with van der Waals surface area (Å²) in [6, 6.07) is 7.31. The molecule has 4 N–H and O–H groups in total. The fourth-order valence-electron chi connectivity index (χ4n) is 3.52. The van der Waals surface area contributed by atoms with Crippen LogP contribution in [0.4, 0.5) is 32.3 Å². The van der Waals surface area contributed by atoms with Crippen molar-refractivity contribution in [2.75, 3.05) is 12.8 Å². The van der Waals surface area contributed by atoms with Gasteiger partial charge in [0.1, 0.15) is 11.3 Å². The molecule has 190 valence electrons. The molecular weight excluding hydrogens is 498 g/mol. The van der Waals surface area contributed by atoms with Crippen molar-refractivity contribution in [2.24, 2.45) is 0 Å². The number of amides is 1. The van der Waals surface area contributed by atoms with Gasteiger partial charge in [0.05, 0.1) is 13.7 Å². The van der Waals surface area contributed by atoms with Crippen molar-refractivity contribution in [1.82, 2.24) is 24.9 Å². The molecule has 4 aromatic rings. The quantitative estimate of drug-likeness (QED) is 0.349. The molecule has 0 spiro atoms. The number of fused-ring (bicyclic) bond motifs is 3. The fraction of sp³-hybridized carbons (Fsp3) is 0.238. The van der Waals surface area contributed by atoms with Crippen LogP contribution in [0.25, 0.3) is 16.6 Å². The average Bonchev–Trinajstić information content (AvgIpc) is 3.26. The number of nitrogens with one attached hydrogen (secondary N) is 1. The molecule has 0 radical (unpaired) electrons. The number of alkyl halides is 6. The van der Waals surface area contributed by atoms with Crippen molar-refractivity contribution >= 4 is 28.4 Å². The van der Waals surface area contributed by atoms with Gasteiger partial charge in [0, 0.05) is 16.5 Å². The summed E-state index contributed by atoms with van der Waals surface area (Å²) in [5.41, 5.74) is -0.126. The zero-order valence-electron chi connectivity index (χ0n) is 18.1. The maximum absolute atomic E-state index is 13.0. The Kier molecular flexibility index (Phi) is 5.90. The maximum atomic E-state index is 13.0. The van der Waals surface area contributed by atoms with Gasteiger partial charge in [0.25, 0.3) is 11.5 Å². The van der Waals surface area contributed by atoms with Crippen molar-refractivity contribution in [2.45, 2.75) is 24.5 Å². The van der Waals surface area contributed by atoms with Crippen LogP contribution < -0.4 is 15.8 Å². The molecule has 0 unspecified atom stereocenters.